The summed E-state index contributed by atoms with van der Waals surface area (Å²) >= 11 is 6.30. The van der Waals surface area contributed by atoms with Crippen molar-refractivity contribution < 1.29 is 9.47 Å². The van der Waals surface area contributed by atoms with Gasteiger partial charge in [0.1, 0.15) is 13.2 Å². The number of hydrogen-bond donors (Lipinski definition) is 1. The zero-order chi connectivity index (χ0) is 12.4. The molecule has 1 aliphatic rings. The average Bonchev–Trinajstić information content (AvgIpc) is 2.29. The van der Waals surface area contributed by atoms with Crippen LogP contribution in [0.25, 0.3) is 0 Å². The van der Waals surface area contributed by atoms with Gasteiger partial charge in [0.05, 0.1) is 0 Å². The zero-order valence-electron chi connectivity index (χ0n) is 10.3. The van der Waals surface area contributed by atoms with Crippen molar-refractivity contribution in [1.29, 1.82) is 0 Å². The second-order valence-electron chi connectivity index (χ2n) is 4.37. The Bertz CT molecular complexity index is 418. The highest BCUT2D eigenvalue weighted by Crippen LogP contribution is 2.40. The molecule has 1 aliphatic heterocycles. The van der Waals surface area contributed by atoms with E-state index >= 15 is 0 Å². The third-order valence-corrected chi connectivity index (χ3v) is 3.21. The van der Waals surface area contributed by atoms with E-state index in [1.165, 1.54) is 0 Å². The van der Waals surface area contributed by atoms with E-state index < -0.39 is 0 Å². The number of rotatable bonds is 3. The molecule has 0 saturated carbocycles. The Morgan fingerprint density at radius 1 is 1.35 bits per heavy atom. The highest BCUT2D eigenvalue weighted by atomic mass is 35.5. The Hall–Kier alpha value is -0.930. The topological polar surface area (TPSA) is 44.5 Å². The minimum Gasteiger partial charge on any atom is -0.486 e. The lowest BCUT2D eigenvalue weighted by Gasteiger charge is -2.24. The van der Waals surface area contributed by atoms with Crippen molar-refractivity contribution in [2.24, 2.45) is 5.73 Å². The van der Waals surface area contributed by atoms with Crippen LogP contribution in [-0.4, -0.2) is 19.3 Å². The molecular weight excluding hydrogens is 238 g/mol. The third kappa shape index (κ3) is 2.50. The second-order valence-corrected chi connectivity index (χ2v) is 4.78. The van der Waals surface area contributed by atoms with Crippen LogP contribution in [0.15, 0.2) is 6.07 Å². The molecule has 1 aromatic carbocycles. The van der Waals surface area contributed by atoms with E-state index in [9.17, 15) is 0 Å². The van der Waals surface area contributed by atoms with Crippen LogP contribution in [0.1, 0.15) is 25.0 Å². The summed E-state index contributed by atoms with van der Waals surface area (Å²) in [5.41, 5.74) is 8.08. The number of hydrogen-bond acceptors (Lipinski definition) is 3. The second kappa shape index (κ2) is 5.15. The molecule has 94 valence electrons. The summed E-state index contributed by atoms with van der Waals surface area (Å²) in [4.78, 5) is 0. The maximum atomic E-state index is 6.30. The van der Waals surface area contributed by atoms with Gasteiger partial charge in [-0.15, -0.1) is 0 Å². The molecule has 4 heteroatoms. The molecule has 0 spiro atoms. The molecule has 0 aliphatic carbocycles. The van der Waals surface area contributed by atoms with Crippen molar-refractivity contribution in [1.82, 2.24) is 0 Å². The molecule has 1 heterocycles. The minimum atomic E-state index is 0.0837. The predicted octanol–water partition coefficient (Wildman–Crippen LogP) is 2.56. The fourth-order valence-electron chi connectivity index (χ4n) is 2.18. The first-order chi connectivity index (χ1) is 8.13. The van der Waals surface area contributed by atoms with Gasteiger partial charge in [-0.2, -0.15) is 0 Å². The maximum absolute atomic E-state index is 6.30. The van der Waals surface area contributed by atoms with Crippen LogP contribution in [0.4, 0.5) is 0 Å². The molecule has 0 saturated heterocycles. The zero-order valence-corrected chi connectivity index (χ0v) is 11.0. The van der Waals surface area contributed by atoms with Crippen LogP contribution in [0.3, 0.4) is 0 Å². The molecular formula is C13H18ClNO2. The van der Waals surface area contributed by atoms with Gasteiger partial charge < -0.3 is 15.2 Å². The molecule has 0 radical (unpaired) electrons. The van der Waals surface area contributed by atoms with E-state index in [1.807, 2.05) is 13.0 Å². The lowest BCUT2D eigenvalue weighted by molar-refractivity contribution is 0.170. The van der Waals surface area contributed by atoms with Gasteiger partial charge in [-0.05, 0) is 25.3 Å². The molecule has 0 aromatic heterocycles. The van der Waals surface area contributed by atoms with Crippen LogP contribution in [0.5, 0.6) is 11.5 Å². The van der Waals surface area contributed by atoms with Crippen molar-refractivity contribution in [3.8, 4) is 11.5 Å². The summed E-state index contributed by atoms with van der Waals surface area (Å²) < 4.78 is 11.3. The highest BCUT2D eigenvalue weighted by Gasteiger charge is 2.21. The van der Waals surface area contributed by atoms with Crippen molar-refractivity contribution in [2.45, 2.75) is 32.7 Å². The molecule has 0 amide bonds. The number of fused-ring (bicyclic) bond motifs is 1. The Kier molecular flexibility index (Phi) is 3.79. The van der Waals surface area contributed by atoms with Gasteiger partial charge >= 0.3 is 0 Å². The molecule has 1 unspecified atom stereocenters. The van der Waals surface area contributed by atoms with Crippen LogP contribution in [-0.2, 0) is 12.8 Å². The minimum absolute atomic E-state index is 0.0837. The largest absolute Gasteiger partial charge is 0.486 e. The van der Waals surface area contributed by atoms with Gasteiger partial charge in [0.25, 0.3) is 0 Å². The van der Waals surface area contributed by atoms with Crippen LogP contribution in [0, 0.1) is 0 Å². The lowest BCUT2D eigenvalue weighted by Crippen LogP contribution is -2.21. The van der Waals surface area contributed by atoms with Gasteiger partial charge in [0.15, 0.2) is 11.5 Å². The summed E-state index contributed by atoms with van der Waals surface area (Å²) in [6.07, 6.45) is 1.63. The van der Waals surface area contributed by atoms with Crippen molar-refractivity contribution in [3.05, 3.63) is 22.2 Å². The summed E-state index contributed by atoms with van der Waals surface area (Å²) in [5.74, 6) is 1.60. The predicted molar refractivity (Wildman–Crippen MR) is 69.2 cm³/mol. The van der Waals surface area contributed by atoms with E-state index in [1.54, 1.807) is 0 Å². The SMILES string of the molecule is CCc1c(CC(C)N)c(Cl)cc2c1OCCO2. The maximum Gasteiger partial charge on any atom is 0.164 e. The Morgan fingerprint density at radius 3 is 2.71 bits per heavy atom. The monoisotopic (exact) mass is 255 g/mol. The molecule has 3 nitrogen and oxygen atoms in total. The number of nitrogens with two attached hydrogens (primary N) is 1. The number of halogens is 1. The summed E-state index contributed by atoms with van der Waals surface area (Å²) in [6, 6.07) is 1.92. The summed E-state index contributed by atoms with van der Waals surface area (Å²) in [7, 11) is 0. The average molecular weight is 256 g/mol. The fourth-order valence-corrected chi connectivity index (χ4v) is 2.47. The summed E-state index contributed by atoms with van der Waals surface area (Å²) in [5, 5.41) is 0.725. The van der Waals surface area contributed by atoms with Crippen LogP contribution in [0.2, 0.25) is 5.02 Å². The van der Waals surface area contributed by atoms with E-state index in [-0.39, 0.29) is 6.04 Å². The Balaban J connectivity index is 2.50. The number of benzene rings is 1. The highest BCUT2D eigenvalue weighted by molar-refractivity contribution is 6.31. The van der Waals surface area contributed by atoms with E-state index in [4.69, 9.17) is 26.8 Å². The molecule has 17 heavy (non-hydrogen) atoms. The van der Waals surface area contributed by atoms with E-state index in [2.05, 4.69) is 6.92 Å². The number of ether oxygens (including phenoxy) is 2. The quantitative estimate of drug-likeness (QED) is 0.903. The van der Waals surface area contributed by atoms with Crippen LogP contribution >= 0.6 is 11.6 Å². The first-order valence-corrected chi connectivity index (χ1v) is 6.36. The smallest absolute Gasteiger partial charge is 0.164 e. The van der Waals surface area contributed by atoms with Crippen molar-refractivity contribution in [3.63, 3.8) is 0 Å². The Morgan fingerprint density at radius 2 is 2.06 bits per heavy atom. The standard InChI is InChI=1S/C13H18ClNO2/c1-3-9-10(6-8(2)15)11(14)7-12-13(9)17-5-4-16-12/h7-8H,3-6,15H2,1-2H3. The normalized spacial score (nSPS) is 15.8. The lowest BCUT2D eigenvalue weighted by atomic mass is 9.97. The molecule has 0 bridgehead atoms. The van der Waals surface area contributed by atoms with Gasteiger partial charge in [-0.3, -0.25) is 0 Å². The van der Waals surface area contributed by atoms with Gasteiger partial charge in [-0.1, -0.05) is 18.5 Å². The molecule has 2 N–H and O–H groups in total. The molecule has 0 fully saturated rings. The molecule has 1 aromatic rings. The van der Waals surface area contributed by atoms with Gasteiger partial charge in [0.2, 0.25) is 0 Å². The van der Waals surface area contributed by atoms with Crippen molar-refractivity contribution in [2.75, 3.05) is 13.2 Å². The van der Waals surface area contributed by atoms with E-state index in [0.717, 1.165) is 40.5 Å². The first kappa shape index (κ1) is 12.5. The van der Waals surface area contributed by atoms with Gasteiger partial charge in [0, 0.05) is 22.7 Å². The van der Waals surface area contributed by atoms with Gasteiger partial charge in [-0.25, -0.2) is 0 Å². The third-order valence-electron chi connectivity index (χ3n) is 2.88. The fraction of sp³-hybridized carbons (Fsp3) is 0.538. The van der Waals surface area contributed by atoms with E-state index in [0.29, 0.717) is 13.2 Å². The first-order valence-electron chi connectivity index (χ1n) is 5.99. The van der Waals surface area contributed by atoms with Crippen molar-refractivity contribution >= 4 is 11.6 Å². The van der Waals surface area contributed by atoms with Crippen LogP contribution < -0.4 is 15.2 Å². The summed E-state index contributed by atoms with van der Waals surface area (Å²) in [6.45, 7) is 5.25. The molecule has 1 atom stereocenters. The molecule has 2 rings (SSSR count). The Labute approximate surface area is 107 Å².